The fourth-order valence-electron chi connectivity index (χ4n) is 7.31. The van der Waals surface area contributed by atoms with E-state index >= 15 is 0 Å². The van der Waals surface area contributed by atoms with Crippen LogP contribution in [-0.2, 0) is 4.74 Å². The Hall–Kier alpha value is -0.0400. The molecule has 1 saturated heterocycles. The zero-order valence-corrected chi connectivity index (χ0v) is 12.4. The molecule has 0 radical (unpaired) electrons. The lowest BCUT2D eigenvalue weighted by Crippen LogP contribution is -2.51. The maximum absolute atomic E-state index is 6.56. The van der Waals surface area contributed by atoms with E-state index in [9.17, 15) is 0 Å². The van der Waals surface area contributed by atoms with Crippen molar-refractivity contribution in [2.24, 2.45) is 23.2 Å². The first-order valence-electron chi connectivity index (χ1n) is 8.89. The van der Waals surface area contributed by atoms with Crippen molar-refractivity contribution in [1.29, 1.82) is 0 Å². The maximum Gasteiger partial charge on any atom is 0.101 e. The van der Waals surface area contributed by atoms with Gasteiger partial charge in [-0.25, -0.2) is 0 Å². The molecule has 0 amide bonds. The van der Waals surface area contributed by atoms with Crippen LogP contribution in [0.3, 0.4) is 0 Å². The van der Waals surface area contributed by atoms with Crippen molar-refractivity contribution in [3.63, 3.8) is 0 Å². The number of ether oxygens (including phenoxy) is 1. The molecule has 4 saturated carbocycles. The zero-order chi connectivity index (χ0) is 12.7. The standard InChI is InChI=1S/C18H28O/c1-16-8-4-5-14(16)13-6-12-17-9-2-3-10-18(17,19-17)15(13)7-11-16/h13-15H,2-12H2,1H3/t13-,14-,15-,16-,17?,18-/m0/s1. The third kappa shape index (κ3) is 1.23. The van der Waals surface area contributed by atoms with Crippen LogP contribution in [0, 0.1) is 23.2 Å². The SMILES string of the molecule is C[C@@]12CCC[C@H]1[C@@H]1CCC34CCCC[C@]3(O4)[C@H]1CC2. The summed E-state index contributed by atoms with van der Waals surface area (Å²) in [5.74, 6) is 3.01. The molecule has 19 heavy (non-hydrogen) atoms. The second kappa shape index (κ2) is 3.40. The maximum atomic E-state index is 6.56. The van der Waals surface area contributed by atoms with Crippen LogP contribution in [0.5, 0.6) is 0 Å². The Morgan fingerprint density at radius 3 is 2.63 bits per heavy atom. The van der Waals surface area contributed by atoms with Gasteiger partial charge in [-0.15, -0.1) is 0 Å². The van der Waals surface area contributed by atoms with E-state index in [1.807, 2.05) is 0 Å². The number of fused-ring (bicyclic) bond motifs is 3. The van der Waals surface area contributed by atoms with Gasteiger partial charge in [0.25, 0.3) is 0 Å². The molecule has 5 rings (SSSR count). The van der Waals surface area contributed by atoms with Gasteiger partial charge in [-0.2, -0.15) is 0 Å². The number of epoxide rings is 1. The fraction of sp³-hybridized carbons (Fsp3) is 1.00. The molecule has 0 aromatic carbocycles. The molecule has 1 aliphatic heterocycles. The summed E-state index contributed by atoms with van der Waals surface area (Å²) in [7, 11) is 0. The van der Waals surface area contributed by atoms with E-state index in [0.717, 1.165) is 17.8 Å². The van der Waals surface area contributed by atoms with Crippen molar-refractivity contribution in [2.45, 2.75) is 88.8 Å². The Bertz CT molecular complexity index is 418. The molecule has 1 heterocycles. The van der Waals surface area contributed by atoms with Crippen LogP contribution in [-0.4, -0.2) is 11.2 Å². The van der Waals surface area contributed by atoms with E-state index < -0.39 is 0 Å². The summed E-state index contributed by atoms with van der Waals surface area (Å²) in [6.07, 6.45) is 16.1. The average molecular weight is 260 g/mol. The van der Waals surface area contributed by atoms with E-state index in [1.165, 1.54) is 70.6 Å². The van der Waals surface area contributed by atoms with Crippen molar-refractivity contribution in [1.82, 2.24) is 0 Å². The van der Waals surface area contributed by atoms with Crippen molar-refractivity contribution in [3.8, 4) is 0 Å². The lowest BCUT2D eigenvalue weighted by atomic mass is 9.51. The van der Waals surface area contributed by atoms with Crippen molar-refractivity contribution in [3.05, 3.63) is 0 Å². The first kappa shape index (κ1) is 11.6. The quantitative estimate of drug-likeness (QED) is 0.575. The molecular weight excluding hydrogens is 232 g/mol. The van der Waals surface area contributed by atoms with E-state index in [1.54, 1.807) is 0 Å². The van der Waals surface area contributed by atoms with Gasteiger partial charge in [-0.05, 0) is 74.5 Å². The van der Waals surface area contributed by atoms with E-state index in [0.29, 0.717) is 16.6 Å². The minimum absolute atomic E-state index is 0.387. The highest BCUT2D eigenvalue weighted by atomic mass is 16.6. The molecule has 0 N–H and O–H groups in total. The van der Waals surface area contributed by atoms with Crippen LogP contribution in [0.1, 0.15) is 77.6 Å². The van der Waals surface area contributed by atoms with Gasteiger partial charge in [-0.1, -0.05) is 26.2 Å². The van der Waals surface area contributed by atoms with E-state index in [4.69, 9.17) is 4.74 Å². The molecule has 6 atom stereocenters. The molecule has 5 aliphatic rings. The molecule has 1 unspecified atom stereocenters. The lowest BCUT2D eigenvalue weighted by Gasteiger charge is -2.52. The highest BCUT2D eigenvalue weighted by Crippen LogP contribution is 2.73. The normalized spacial score (nSPS) is 62.7. The summed E-state index contributed by atoms with van der Waals surface area (Å²) in [4.78, 5) is 0. The Morgan fingerprint density at radius 2 is 1.68 bits per heavy atom. The van der Waals surface area contributed by atoms with Crippen LogP contribution in [0.2, 0.25) is 0 Å². The van der Waals surface area contributed by atoms with Crippen LogP contribution >= 0.6 is 0 Å². The van der Waals surface area contributed by atoms with Gasteiger partial charge in [-0.3, -0.25) is 0 Å². The number of hydrogen-bond donors (Lipinski definition) is 0. The topological polar surface area (TPSA) is 12.5 Å². The molecule has 5 fully saturated rings. The van der Waals surface area contributed by atoms with Crippen molar-refractivity contribution < 1.29 is 4.74 Å². The van der Waals surface area contributed by atoms with Gasteiger partial charge < -0.3 is 4.74 Å². The van der Waals surface area contributed by atoms with Crippen LogP contribution in [0.25, 0.3) is 0 Å². The minimum Gasteiger partial charge on any atom is -0.362 e. The Kier molecular flexibility index (Phi) is 2.08. The summed E-state index contributed by atoms with van der Waals surface area (Å²) in [6.45, 7) is 2.61. The van der Waals surface area contributed by atoms with Crippen molar-refractivity contribution >= 4 is 0 Å². The largest absolute Gasteiger partial charge is 0.362 e. The molecular formula is C18H28O. The third-order valence-electron chi connectivity index (χ3n) is 8.18. The summed E-state index contributed by atoms with van der Waals surface area (Å²) in [6, 6.07) is 0. The van der Waals surface area contributed by atoms with Gasteiger partial charge >= 0.3 is 0 Å². The minimum atomic E-state index is 0.387. The van der Waals surface area contributed by atoms with Gasteiger partial charge in [0.1, 0.15) is 5.60 Å². The number of hydrogen-bond acceptors (Lipinski definition) is 1. The Labute approximate surface area is 117 Å². The molecule has 106 valence electrons. The molecule has 4 aliphatic carbocycles. The van der Waals surface area contributed by atoms with Crippen LogP contribution in [0.4, 0.5) is 0 Å². The monoisotopic (exact) mass is 260 g/mol. The summed E-state index contributed by atoms with van der Waals surface area (Å²) >= 11 is 0. The fourth-order valence-corrected chi connectivity index (χ4v) is 7.31. The van der Waals surface area contributed by atoms with Crippen LogP contribution < -0.4 is 0 Å². The highest BCUT2D eigenvalue weighted by Gasteiger charge is 2.76. The van der Waals surface area contributed by atoms with E-state index in [2.05, 4.69) is 6.92 Å². The van der Waals surface area contributed by atoms with E-state index in [-0.39, 0.29) is 0 Å². The predicted octanol–water partition coefficient (Wildman–Crippen LogP) is 4.69. The first-order valence-corrected chi connectivity index (χ1v) is 8.89. The summed E-state index contributed by atoms with van der Waals surface area (Å²) in [5, 5.41) is 0. The molecule has 0 aromatic rings. The smallest absolute Gasteiger partial charge is 0.101 e. The van der Waals surface area contributed by atoms with Gasteiger partial charge in [0, 0.05) is 0 Å². The second-order valence-corrected chi connectivity index (χ2v) is 8.69. The molecule has 1 heteroatoms. The lowest BCUT2D eigenvalue weighted by molar-refractivity contribution is -0.0183. The third-order valence-corrected chi connectivity index (χ3v) is 8.18. The molecule has 0 bridgehead atoms. The highest BCUT2D eigenvalue weighted by molar-refractivity contribution is 5.25. The average Bonchev–Trinajstić information content (AvgIpc) is 2.97. The summed E-state index contributed by atoms with van der Waals surface area (Å²) in [5.41, 5.74) is 1.48. The second-order valence-electron chi connectivity index (χ2n) is 8.69. The molecule has 0 aromatic heterocycles. The van der Waals surface area contributed by atoms with Gasteiger partial charge in [0.2, 0.25) is 0 Å². The Balaban J connectivity index is 1.51. The van der Waals surface area contributed by atoms with Gasteiger partial charge in [0.15, 0.2) is 0 Å². The number of rotatable bonds is 0. The zero-order valence-electron chi connectivity index (χ0n) is 12.4. The molecule has 0 spiro atoms. The summed E-state index contributed by atoms with van der Waals surface area (Å²) < 4.78 is 6.56. The van der Waals surface area contributed by atoms with Crippen LogP contribution in [0.15, 0.2) is 0 Å². The van der Waals surface area contributed by atoms with Gasteiger partial charge in [0.05, 0.1) is 5.60 Å². The van der Waals surface area contributed by atoms with Crippen molar-refractivity contribution in [2.75, 3.05) is 0 Å². The Morgan fingerprint density at radius 1 is 0.789 bits per heavy atom. The predicted molar refractivity (Wildman–Crippen MR) is 75.9 cm³/mol. The first-order chi connectivity index (χ1) is 9.19. The molecule has 1 nitrogen and oxygen atoms in total.